The number of amides is 1. The number of hydrogen-bond donors (Lipinski definition) is 1. The lowest BCUT2D eigenvalue weighted by Crippen LogP contribution is -2.34. The lowest BCUT2D eigenvalue weighted by atomic mass is 9.99. The zero-order valence-electron chi connectivity index (χ0n) is 21.2. The molecule has 2 heterocycles. The number of piperidine rings is 1. The molecule has 2 aromatic carbocycles. The highest BCUT2D eigenvalue weighted by Gasteiger charge is 2.25. The van der Waals surface area contributed by atoms with Crippen LogP contribution in [0.2, 0.25) is 0 Å². The highest BCUT2D eigenvalue weighted by Crippen LogP contribution is 2.28. The molecule has 2 fully saturated rings. The van der Waals surface area contributed by atoms with Crippen LogP contribution in [0.4, 0.5) is 5.69 Å². The maximum absolute atomic E-state index is 13.4. The molecular formula is C27H38N4O3S. The Bertz CT molecular complexity index is 1140. The summed E-state index contributed by atoms with van der Waals surface area (Å²) in [5, 5.41) is 3.08. The van der Waals surface area contributed by atoms with Crippen LogP contribution < -0.4 is 10.2 Å². The van der Waals surface area contributed by atoms with E-state index < -0.39 is 10.0 Å². The Morgan fingerprint density at radius 2 is 1.74 bits per heavy atom. The van der Waals surface area contributed by atoms with E-state index in [1.807, 2.05) is 6.07 Å². The second kappa shape index (κ2) is 11.1. The van der Waals surface area contributed by atoms with E-state index in [2.05, 4.69) is 40.2 Å². The molecule has 8 heteroatoms. The molecule has 0 radical (unpaired) electrons. The second-order valence-electron chi connectivity index (χ2n) is 10.1. The fourth-order valence-electron chi connectivity index (χ4n) is 5.13. The molecule has 0 aromatic heterocycles. The number of carbonyl (C=O) groups excluding carboxylic acids is 1. The van der Waals surface area contributed by atoms with Gasteiger partial charge in [-0.25, -0.2) is 12.7 Å². The summed E-state index contributed by atoms with van der Waals surface area (Å²) in [5.74, 6) is 0.467. The van der Waals surface area contributed by atoms with Gasteiger partial charge in [-0.2, -0.15) is 0 Å². The Morgan fingerprint density at radius 3 is 2.43 bits per heavy atom. The standard InChI is InChI=1S/C27H38N4O3S/c1-21-9-8-14-30(19-21)20-23-11-5-4-10-22(23)18-28-27(32)25-17-24(35(33,34)29(2)3)12-13-26(25)31-15-6-7-16-31/h4-5,10-13,17,21H,6-9,14-16,18-20H2,1-3H3,(H,28,32). The number of rotatable bonds is 8. The van der Waals surface area contributed by atoms with E-state index in [-0.39, 0.29) is 10.8 Å². The lowest BCUT2D eigenvalue weighted by Gasteiger charge is -2.31. The molecule has 7 nitrogen and oxygen atoms in total. The first-order chi connectivity index (χ1) is 16.8. The van der Waals surface area contributed by atoms with E-state index in [1.54, 1.807) is 12.1 Å². The van der Waals surface area contributed by atoms with Gasteiger partial charge in [0.1, 0.15) is 0 Å². The highest BCUT2D eigenvalue weighted by molar-refractivity contribution is 7.89. The summed E-state index contributed by atoms with van der Waals surface area (Å²) in [7, 11) is -0.632. The fourth-order valence-corrected chi connectivity index (χ4v) is 6.06. The maximum Gasteiger partial charge on any atom is 0.253 e. The summed E-state index contributed by atoms with van der Waals surface area (Å²) in [6, 6.07) is 13.2. The van der Waals surface area contributed by atoms with Crippen LogP contribution in [0.25, 0.3) is 0 Å². The van der Waals surface area contributed by atoms with Gasteiger partial charge in [-0.3, -0.25) is 9.69 Å². The second-order valence-corrected chi connectivity index (χ2v) is 12.2. The van der Waals surface area contributed by atoms with Gasteiger partial charge >= 0.3 is 0 Å². The number of hydrogen-bond acceptors (Lipinski definition) is 5. The molecule has 190 valence electrons. The molecule has 1 unspecified atom stereocenters. The SMILES string of the molecule is CC1CCCN(Cc2ccccc2CNC(=O)c2cc(S(=O)(=O)N(C)C)ccc2N2CCCC2)C1. The molecule has 2 saturated heterocycles. The molecule has 2 aromatic rings. The number of anilines is 1. The lowest BCUT2D eigenvalue weighted by molar-refractivity contribution is 0.0951. The quantitative estimate of drug-likeness (QED) is 0.601. The molecule has 2 aliphatic heterocycles. The predicted octanol–water partition coefficient (Wildman–Crippen LogP) is 3.70. The van der Waals surface area contributed by atoms with Crippen LogP contribution in [0, 0.1) is 5.92 Å². The first-order valence-electron chi connectivity index (χ1n) is 12.6. The van der Waals surface area contributed by atoms with Crippen LogP contribution in [0.1, 0.15) is 54.1 Å². The molecule has 1 atom stereocenters. The Kier molecular flexibility index (Phi) is 8.14. The minimum Gasteiger partial charge on any atom is -0.371 e. The Morgan fingerprint density at radius 1 is 1.03 bits per heavy atom. The largest absolute Gasteiger partial charge is 0.371 e. The third-order valence-corrected chi connectivity index (χ3v) is 8.94. The molecule has 1 amide bonds. The first-order valence-corrected chi connectivity index (χ1v) is 14.1. The van der Waals surface area contributed by atoms with E-state index in [0.717, 1.165) is 56.8 Å². The number of benzene rings is 2. The van der Waals surface area contributed by atoms with Crippen molar-refractivity contribution in [2.75, 3.05) is 45.2 Å². The van der Waals surface area contributed by atoms with E-state index in [4.69, 9.17) is 0 Å². The number of sulfonamides is 1. The smallest absolute Gasteiger partial charge is 0.253 e. The minimum atomic E-state index is -3.64. The van der Waals surface area contributed by atoms with Gasteiger partial charge in [-0.15, -0.1) is 0 Å². The van der Waals surface area contributed by atoms with Crippen LogP contribution in [0.5, 0.6) is 0 Å². The monoisotopic (exact) mass is 498 g/mol. The molecule has 0 bridgehead atoms. The predicted molar refractivity (Wildman–Crippen MR) is 140 cm³/mol. The normalized spacial score (nSPS) is 19.3. The third kappa shape index (κ3) is 6.05. The minimum absolute atomic E-state index is 0.134. The molecule has 4 rings (SSSR count). The molecule has 0 saturated carbocycles. The van der Waals surface area contributed by atoms with Gasteiger partial charge in [0.15, 0.2) is 0 Å². The van der Waals surface area contributed by atoms with Crippen LogP contribution >= 0.6 is 0 Å². The van der Waals surface area contributed by atoms with Crippen molar-refractivity contribution in [3.8, 4) is 0 Å². The molecule has 1 N–H and O–H groups in total. The van der Waals surface area contributed by atoms with Crippen molar-refractivity contribution in [3.05, 3.63) is 59.2 Å². The van der Waals surface area contributed by atoms with Gasteiger partial charge in [0, 0.05) is 52.5 Å². The van der Waals surface area contributed by atoms with Crippen LogP contribution in [0.15, 0.2) is 47.4 Å². The van der Waals surface area contributed by atoms with E-state index in [0.29, 0.717) is 18.0 Å². The molecule has 0 aliphatic carbocycles. The third-order valence-electron chi connectivity index (χ3n) is 7.13. The van der Waals surface area contributed by atoms with Gasteiger partial charge in [-0.05, 0) is 67.5 Å². The molecular weight excluding hydrogens is 460 g/mol. The van der Waals surface area contributed by atoms with Gasteiger partial charge in [0.2, 0.25) is 10.0 Å². The Hall–Kier alpha value is -2.42. The summed E-state index contributed by atoms with van der Waals surface area (Å²) < 4.78 is 26.7. The van der Waals surface area contributed by atoms with Crippen molar-refractivity contribution in [2.24, 2.45) is 5.92 Å². The van der Waals surface area contributed by atoms with Crippen LogP contribution in [0.3, 0.4) is 0 Å². The number of nitrogens with one attached hydrogen (secondary N) is 1. The summed E-state index contributed by atoms with van der Waals surface area (Å²) >= 11 is 0. The van der Waals surface area contributed by atoms with Crippen molar-refractivity contribution >= 4 is 21.6 Å². The van der Waals surface area contributed by atoms with Crippen molar-refractivity contribution in [3.63, 3.8) is 0 Å². The van der Waals surface area contributed by atoms with E-state index in [1.165, 1.54) is 42.9 Å². The van der Waals surface area contributed by atoms with E-state index >= 15 is 0 Å². The average Bonchev–Trinajstić information content (AvgIpc) is 3.38. The van der Waals surface area contributed by atoms with Crippen molar-refractivity contribution in [1.29, 1.82) is 0 Å². The number of carbonyl (C=O) groups is 1. The van der Waals surface area contributed by atoms with Gasteiger partial charge in [0.25, 0.3) is 5.91 Å². The zero-order chi connectivity index (χ0) is 25.0. The maximum atomic E-state index is 13.4. The summed E-state index contributed by atoms with van der Waals surface area (Å²) in [5.41, 5.74) is 3.54. The highest BCUT2D eigenvalue weighted by atomic mass is 32.2. The van der Waals surface area contributed by atoms with Crippen molar-refractivity contribution in [1.82, 2.24) is 14.5 Å². The number of likely N-dealkylation sites (tertiary alicyclic amines) is 1. The zero-order valence-corrected chi connectivity index (χ0v) is 22.0. The average molecular weight is 499 g/mol. The van der Waals surface area contributed by atoms with Crippen molar-refractivity contribution < 1.29 is 13.2 Å². The fraction of sp³-hybridized carbons (Fsp3) is 0.519. The number of nitrogens with zero attached hydrogens (tertiary/aromatic N) is 3. The van der Waals surface area contributed by atoms with Gasteiger partial charge in [-0.1, -0.05) is 31.2 Å². The summed E-state index contributed by atoms with van der Waals surface area (Å²) in [6.07, 6.45) is 4.66. The molecule has 35 heavy (non-hydrogen) atoms. The van der Waals surface area contributed by atoms with E-state index in [9.17, 15) is 13.2 Å². The van der Waals surface area contributed by atoms with Crippen LogP contribution in [-0.4, -0.2) is 63.8 Å². The summed E-state index contributed by atoms with van der Waals surface area (Å²) in [4.78, 5) is 18.2. The van der Waals surface area contributed by atoms with Crippen LogP contribution in [-0.2, 0) is 23.1 Å². The van der Waals surface area contributed by atoms with Crippen molar-refractivity contribution in [2.45, 2.75) is 50.6 Å². The topological polar surface area (TPSA) is 73.0 Å². The Balaban J connectivity index is 1.55. The molecule has 0 spiro atoms. The first kappa shape index (κ1) is 25.7. The summed E-state index contributed by atoms with van der Waals surface area (Å²) in [6.45, 7) is 7.55. The Labute approximate surface area is 210 Å². The molecule has 2 aliphatic rings. The van der Waals surface area contributed by atoms with Gasteiger partial charge in [0.05, 0.1) is 10.5 Å². The van der Waals surface area contributed by atoms with Gasteiger partial charge < -0.3 is 10.2 Å².